The zero-order valence-corrected chi connectivity index (χ0v) is 14.1. The maximum Gasteiger partial charge on any atom is 0.302 e. The van der Waals surface area contributed by atoms with Gasteiger partial charge >= 0.3 is 5.91 Å². The molecule has 0 saturated heterocycles. The molecule has 25 heavy (non-hydrogen) atoms. The van der Waals surface area contributed by atoms with Crippen molar-refractivity contribution in [2.24, 2.45) is 10.2 Å². The Hall–Kier alpha value is -3.15. The zero-order valence-electron chi connectivity index (χ0n) is 14.1. The lowest BCUT2D eigenvalue weighted by atomic mass is 10.1. The van der Waals surface area contributed by atoms with E-state index in [2.05, 4.69) is 10.2 Å². The van der Waals surface area contributed by atoms with Crippen molar-refractivity contribution in [2.45, 2.75) is 20.4 Å². The molecule has 0 saturated carbocycles. The Morgan fingerprint density at radius 3 is 2.68 bits per heavy atom. The van der Waals surface area contributed by atoms with Gasteiger partial charge in [-0.25, -0.2) is 0 Å². The van der Waals surface area contributed by atoms with Crippen molar-refractivity contribution in [3.8, 4) is 11.6 Å². The molecule has 128 valence electrons. The Morgan fingerprint density at radius 2 is 1.96 bits per heavy atom. The number of aromatic hydroxyl groups is 1. The number of amides is 1. The first-order valence-electron chi connectivity index (χ1n) is 8.04. The summed E-state index contributed by atoms with van der Waals surface area (Å²) in [5.41, 5.74) is 2.19. The highest BCUT2D eigenvalue weighted by molar-refractivity contribution is 5.95. The summed E-state index contributed by atoms with van der Waals surface area (Å²) in [5.74, 6) is 0.0732. The van der Waals surface area contributed by atoms with E-state index in [1.54, 1.807) is 16.7 Å². The predicted octanol–water partition coefficient (Wildman–Crippen LogP) is 4.36. The Kier molecular flexibility index (Phi) is 4.79. The third-order valence-electron chi connectivity index (χ3n) is 3.85. The quantitative estimate of drug-likeness (QED) is 0.703. The molecule has 1 aromatic heterocycles. The number of nitrogens with zero attached hydrogens (tertiary/aromatic N) is 3. The van der Waals surface area contributed by atoms with E-state index in [9.17, 15) is 9.90 Å². The Balaban J connectivity index is 1.82. The number of carbonyl (C=O) groups is 1. The van der Waals surface area contributed by atoms with Crippen molar-refractivity contribution in [3.63, 3.8) is 0 Å². The van der Waals surface area contributed by atoms with Crippen molar-refractivity contribution in [2.75, 3.05) is 6.61 Å². The van der Waals surface area contributed by atoms with E-state index in [0.717, 1.165) is 16.5 Å². The Morgan fingerprint density at radius 1 is 1.20 bits per heavy atom. The highest BCUT2D eigenvalue weighted by Gasteiger charge is 2.16. The van der Waals surface area contributed by atoms with Gasteiger partial charge in [-0.15, -0.1) is 10.2 Å². The topological polar surface area (TPSA) is 76.2 Å². The lowest BCUT2D eigenvalue weighted by molar-refractivity contribution is -0.120. The number of benzene rings is 2. The minimum absolute atomic E-state index is 0.00336. The van der Waals surface area contributed by atoms with Crippen molar-refractivity contribution in [3.05, 3.63) is 54.1 Å². The maximum absolute atomic E-state index is 11.9. The van der Waals surface area contributed by atoms with Crippen LogP contribution in [0.2, 0.25) is 0 Å². The van der Waals surface area contributed by atoms with Gasteiger partial charge in [0.05, 0.1) is 5.52 Å². The van der Waals surface area contributed by atoms with Gasteiger partial charge in [-0.2, -0.15) is 0 Å². The Labute approximate surface area is 145 Å². The summed E-state index contributed by atoms with van der Waals surface area (Å²) in [6, 6.07) is 14.8. The largest absolute Gasteiger partial charge is 0.493 e. The van der Waals surface area contributed by atoms with Crippen LogP contribution in [0.25, 0.3) is 10.9 Å². The third-order valence-corrected chi connectivity index (χ3v) is 3.85. The number of ether oxygens (including phenoxy) is 1. The fourth-order valence-electron chi connectivity index (χ4n) is 2.65. The normalized spacial score (nSPS) is 11.3. The van der Waals surface area contributed by atoms with Crippen molar-refractivity contribution in [1.82, 2.24) is 4.57 Å². The van der Waals surface area contributed by atoms with Crippen LogP contribution in [0.3, 0.4) is 0 Å². The van der Waals surface area contributed by atoms with E-state index >= 15 is 0 Å². The first-order valence-corrected chi connectivity index (χ1v) is 8.04. The molecule has 1 amide bonds. The molecule has 3 aromatic rings. The smallest absolute Gasteiger partial charge is 0.302 e. The van der Waals surface area contributed by atoms with Crippen LogP contribution in [0.1, 0.15) is 12.5 Å². The van der Waals surface area contributed by atoms with E-state index in [1.165, 1.54) is 0 Å². The summed E-state index contributed by atoms with van der Waals surface area (Å²) in [4.78, 5) is 11.9. The summed E-state index contributed by atoms with van der Waals surface area (Å²) >= 11 is 0. The standard InChI is InChI=1S/C19H19N3O3/c1-3-22-16-10-9-13(2)11-15(16)18(19(22)24)21-20-17(23)12-25-14-7-5-4-6-8-14/h4-11,24H,3,12H2,1-2H3. The Bertz CT molecular complexity index is 930. The monoisotopic (exact) mass is 337 g/mol. The van der Waals surface area contributed by atoms with E-state index in [0.29, 0.717) is 18.0 Å². The fourth-order valence-corrected chi connectivity index (χ4v) is 2.65. The van der Waals surface area contributed by atoms with Crippen LogP contribution in [0.5, 0.6) is 11.6 Å². The van der Waals surface area contributed by atoms with Gasteiger partial charge in [-0.1, -0.05) is 29.8 Å². The number of aryl methyl sites for hydroxylation is 2. The number of aromatic nitrogens is 1. The molecule has 0 atom stereocenters. The van der Waals surface area contributed by atoms with Gasteiger partial charge in [0.15, 0.2) is 12.3 Å². The summed E-state index contributed by atoms with van der Waals surface area (Å²) in [6.45, 7) is 4.27. The molecule has 0 spiro atoms. The van der Waals surface area contributed by atoms with Crippen LogP contribution in [0.4, 0.5) is 5.69 Å². The van der Waals surface area contributed by atoms with Crippen LogP contribution in [-0.4, -0.2) is 22.2 Å². The third kappa shape index (κ3) is 3.52. The summed E-state index contributed by atoms with van der Waals surface area (Å²) < 4.78 is 7.08. The molecule has 0 fully saturated rings. The molecule has 2 aromatic carbocycles. The van der Waals surface area contributed by atoms with Crippen LogP contribution < -0.4 is 4.74 Å². The molecule has 0 unspecified atom stereocenters. The number of rotatable bonds is 5. The van der Waals surface area contributed by atoms with Crippen molar-refractivity contribution in [1.29, 1.82) is 0 Å². The molecule has 6 nitrogen and oxygen atoms in total. The molecule has 1 N–H and O–H groups in total. The summed E-state index contributed by atoms with van der Waals surface area (Å²) in [6.07, 6.45) is 0. The second-order valence-corrected chi connectivity index (χ2v) is 5.63. The van der Waals surface area contributed by atoms with Gasteiger partial charge in [0.1, 0.15) is 5.75 Å². The second kappa shape index (κ2) is 7.17. The summed E-state index contributed by atoms with van der Waals surface area (Å²) in [5, 5.41) is 18.8. The first kappa shape index (κ1) is 16.7. The van der Waals surface area contributed by atoms with E-state index in [-0.39, 0.29) is 12.5 Å². The molecule has 0 aliphatic rings. The highest BCUT2D eigenvalue weighted by Crippen LogP contribution is 2.39. The SMILES string of the molecule is CCn1c(O)c(N=NC(=O)COc2ccccc2)c2cc(C)ccc21. The number of hydrogen-bond donors (Lipinski definition) is 1. The van der Waals surface area contributed by atoms with Crippen molar-refractivity contribution < 1.29 is 14.6 Å². The molecule has 1 heterocycles. The number of azo groups is 1. The number of hydrogen-bond acceptors (Lipinski definition) is 4. The minimum Gasteiger partial charge on any atom is -0.493 e. The van der Waals surface area contributed by atoms with E-state index < -0.39 is 5.91 Å². The van der Waals surface area contributed by atoms with Gasteiger partial charge < -0.3 is 14.4 Å². The van der Waals surface area contributed by atoms with Crippen LogP contribution >= 0.6 is 0 Å². The number of para-hydroxylation sites is 1. The highest BCUT2D eigenvalue weighted by atomic mass is 16.5. The average Bonchev–Trinajstić information content (AvgIpc) is 2.89. The molecule has 3 rings (SSSR count). The van der Waals surface area contributed by atoms with Crippen LogP contribution in [0, 0.1) is 6.92 Å². The number of fused-ring (bicyclic) bond motifs is 1. The van der Waals surface area contributed by atoms with Crippen LogP contribution in [-0.2, 0) is 11.3 Å². The zero-order chi connectivity index (χ0) is 17.8. The predicted molar refractivity (Wildman–Crippen MR) is 95.5 cm³/mol. The molecule has 0 aliphatic heterocycles. The van der Waals surface area contributed by atoms with Gasteiger partial charge in [0.25, 0.3) is 0 Å². The fraction of sp³-hybridized carbons (Fsp3) is 0.211. The molecule has 0 bridgehead atoms. The second-order valence-electron chi connectivity index (χ2n) is 5.63. The lowest BCUT2D eigenvalue weighted by Gasteiger charge is -2.02. The first-order chi connectivity index (χ1) is 12.1. The minimum atomic E-state index is -0.520. The van der Waals surface area contributed by atoms with E-state index in [1.807, 2.05) is 50.2 Å². The van der Waals surface area contributed by atoms with Crippen molar-refractivity contribution >= 4 is 22.5 Å². The van der Waals surface area contributed by atoms with E-state index in [4.69, 9.17) is 4.74 Å². The average molecular weight is 337 g/mol. The molecular weight excluding hydrogens is 318 g/mol. The van der Waals surface area contributed by atoms with Crippen LogP contribution in [0.15, 0.2) is 58.8 Å². The molecule has 0 radical (unpaired) electrons. The maximum atomic E-state index is 11.9. The summed E-state index contributed by atoms with van der Waals surface area (Å²) in [7, 11) is 0. The van der Waals surface area contributed by atoms with Gasteiger partial charge in [-0.3, -0.25) is 4.79 Å². The molecular formula is C19H19N3O3. The molecule has 0 aliphatic carbocycles. The van der Waals surface area contributed by atoms with Gasteiger partial charge in [0.2, 0.25) is 5.88 Å². The molecule has 6 heteroatoms. The van der Waals surface area contributed by atoms with Gasteiger partial charge in [0, 0.05) is 11.9 Å². The lowest BCUT2D eigenvalue weighted by Crippen LogP contribution is -2.07. The number of carbonyl (C=O) groups excluding carboxylic acids is 1. The van der Waals surface area contributed by atoms with Gasteiger partial charge in [-0.05, 0) is 38.1 Å².